The van der Waals surface area contributed by atoms with Gasteiger partial charge >= 0.3 is 5.97 Å². The van der Waals surface area contributed by atoms with Gasteiger partial charge in [-0.3, -0.25) is 0 Å². The number of carboxylic acids is 1. The lowest BCUT2D eigenvalue weighted by atomic mass is 10.3. The van der Waals surface area contributed by atoms with Gasteiger partial charge in [0, 0.05) is 0 Å². The van der Waals surface area contributed by atoms with Gasteiger partial charge in [-0.2, -0.15) is 0 Å². The largest absolute Gasteiger partial charge is 0.478 e. The third kappa shape index (κ3) is 3.40. The van der Waals surface area contributed by atoms with Gasteiger partial charge in [0.2, 0.25) is 0 Å². The van der Waals surface area contributed by atoms with Crippen molar-refractivity contribution in [1.29, 1.82) is 0 Å². The highest BCUT2D eigenvalue weighted by atomic mass is 31.2. The maximum Gasteiger partial charge on any atom is 0.334 e. The Labute approximate surface area is 148 Å². The van der Waals surface area contributed by atoms with Crippen LogP contribution in [0.2, 0.25) is 0 Å². The Balaban J connectivity index is 2.40. The second-order valence-electron chi connectivity index (χ2n) is 5.85. The standard InChI is InChI=1S/C22H19O2P/c1-18(22(23)24)17-25(19-11-5-2-6-12-19,20-13-7-3-8-14-20)21-15-9-4-10-16-21/h2-17H,1H3/p+1/b18-17+. The number of carbonyl (C=O) groups is 1. The van der Waals surface area contributed by atoms with E-state index in [1.54, 1.807) is 6.92 Å². The molecule has 0 spiro atoms. The van der Waals surface area contributed by atoms with Crippen molar-refractivity contribution in [3.63, 3.8) is 0 Å². The Morgan fingerprint density at radius 1 is 0.720 bits per heavy atom. The summed E-state index contributed by atoms with van der Waals surface area (Å²) >= 11 is 0. The van der Waals surface area contributed by atoms with Gasteiger partial charge in [0.25, 0.3) is 0 Å². The van der Waals surface area contributed by atoms with Crippen LogP contribution in [-0.4, -0.2) is 11.1 Å². The highest BCUT2D eigenvalue weighted by Crippen LogP contribution is 2.57. The summed E-state index contributed by atoms with van der Waals surface area (Å²) in [5.41, 5.74) is 0.366. The molecule has 0 aliphatic rings. The van der Waals surface area contributed by atoms with Gasteiger partial charge in [-0.1, -0.05) is 54.6 Å². The van der Waals surface area contributed by atoms with Crippen LogP contribution in [0.3, 0.4) is 0 Å². The zero-order chi connectivity index (χ0) is 17.7. The highest BCUT2D eigenvalue weighted by Gasteiger charge is 2.44. The van der Waals surface area contributed by atoms with Gasteiger partial charge in [0.1, 0.15) is 23.2 Å². The maximum absolute atomic E-state index is 11.6. The van der Waals surface area contributed by atoms with Gasteiger partial charge < -0.3 is 5.11 Å². The monoisotopic (exact) mass is 347 g/mol. The molecule has 0 saturated carbocycles. The van der Waals surface area contributed by atoms with E-state index in [2.05, 4.69) is 36.4 Å². The van der Waals surface area contributed by atoms with Crippen molar-refractivity contribution < 1.29 is 9.90 Å². The van der Waals surface area contributed by atoms with E-state index in [9.17, 15) is 9.90 Å². The number of benzene rings is 3. The summed E-state index contributed by atoms with van der Waals surface area (Å²) in [6.45, 7) is 1.67. The number of rotatable bonds is 5. The van der Waals surface area contributed by atoms with E-state index in [4.69, 9.17) is 0 Å². The van der Waals surface area contributed by atoms with E-state index < -0.39 is 13.2 Å². The molecule has 0 bridgehead atoms. The van der Waals surface area contributed by atoms with Crippen LogP contribution in [0.25, 0.3) is 0 Å². The topological polar surface area (TPSA) is 37.3 Å². The maximum atomic E-state index is 11.6. The molecule has 25 heavy (non-hydrogen) atoms. The minimum absolute atomic E-state index is 0.366. The molecule has 0 saturated heterocycles. The molecule has 0 atom stereocenters. The van der Waals surface area contributed by atoms with Gasteiger partial charge in [-0.15, -0.1) is 0 Å². The van der Waals surface area contributed by atoms with Crippen molar-refractivity contribution in [2.75, 3.05) is 0 Å². The Morgan fingerprint density at radius 3 is 1.32 bits per heavy atom. The van der Waals surface area contributed by atoms with E-state index >= 15 is 0 Å². The minimum atomic E-state index is -2.21. The molecule has 3 aromatic rings. The SMILES string of the molecule is C/C(=C\[P+](c1ccccc1)(c1ccccc1)c1ccccc1)C(=O)O. The summed E-state index contributed by atoms with van der Waals surface area (Å²) in [5.74, 6) is 1.09. The van der Waals surface area contributed by atoms with Gasteiger partial charge in [0.05, 0.1) is 11.4 Å². The number of hydrogen-bond acceptors (Lipinski definition) is 1. The summed E-state index contributed by atoms with van der Waals surface area (Å²) < 4.78 is 0. The molecule has 0 aliphatic heterocycles. The lowest BCUT2D eigenvalue weighted by Crippen LogP contribution is -2.30. The Bertz CT molecular complexity index is 775. The molecular formula is C22H20O2P+. The fourth-order valence-corrected chi connectivity index (χ4v) is 6.97. The van der Waals surface area contributed by atoms with Crippen LogP contribution in [0.4, 0.5) is 0 Å². The molecule has 0 fully saturated rings. The first kappa shape index (κ1) is 17.1. The first-order valence-electron chi connectivity index (χ1n) is 8.13. The molecule has 3 aromatic carbocycles. The van der Waals surface area contributed by atoms with Crippen LogP contribution in [0.5, 0.6) is 0 Å². The first-order chi connectivity index (χ1) is 12.1. The van der Waals surface area contributed by atoms with Crippen molar-refractivity contribution in [3.05, 3.63) is 102 Å². The van der Waals surface area contributed by atoms with E-state index in [1.807, 2.05) is 60.4 Å². The predicted octanol–water partition coefficient (Wildman–Crippen LogP) is 3.97. The molecule has 0 radical (unpaired) electrons. The molecule has 1 N–H and O–H groups in total. The summed E-state index contributed by atoms with van der Waals surface area (Å²) in [6, 6.07) is 30.6. The quantitative estimate of drug-likeness (QED) is 0.560. The molecule has 0 amide bonds. The average Bonchev–Trinajstić information content (AvgIpc) is 2.68. The van der Waals surface area contributed by atoms with Gasteiger partial charge in [-0.25, -0.2) is 4.79 Å². The van der Waals surface area contributed by atoms with Crippen molar-refractivity contribution in [3.8, 4) is 0 Å². The molecule has 0 aliphatic carbocycles. The predicted molar refractivity (Wildman–Crippen MR) is 107 cm³/mol. The van der Waals surface area contributed by atoms with Crippen LogP contribution in [0.15, 0.2) is 102 Å². The molecular weight excluding hydrogens is 327 g/mol. The number of carboxylic acid groups (broad SMARTS) is 1. The fourth-order valence-electron chi connectivity index (χ4n) is 3.01. The van der Waals surface area contributed by atoms with Gasteiger partial charge in [-0.05, 0) is 43.3 Å². The van der Waals surface area contributed by atoms with Crippen LogP contribution in [0.1, 0.15) is 6.92 Å². The summed E-state index contributed by atoms with van der Waals surface area (Å²) in [5, 5.41) is 13.0. The van der Waals surface area contributed by atoms with E-state index in [1.165, 1.54) is 0 Å². The lowest BCUT2D eigenvalue weighted by Gasteiger charge is -2.24. The Kier molecular flexibility index (Phi) is 5.11. The zero-order valence-electron chi connectivity index (χ0n) is 14.0. The third-order valence-corrected chi connectivity index (χ3v) is 8.33. The van der Waals surface area contributed by atoms with Crippen molar-refractivity contribution in [1.82, 2.24) is 0 Å². The van der Waals surface area contributed by atoms with Crippen molar-refractivity contribution in [2.24, 2.45) is 0 Å². The van der Waals surface area contributed by atoms with Crippen LogP contribution < -0.4 is 15.9 Å². The summed E-state index contributed by atoms with van der Waals surface area (Å²) in [4.78, 5) is 11.6. The normalized spacial score (nSPS) is 12.0. The van der Waals surface area contributed by atoms with E-state index in [0.717, 1.165) is 15.9 Å². The third-order valence-electron chi connectivity index (χ3n) is 4.22. The second kappa shape index (κ2) is 7.46. The second-order valence-corrected chi connectivity index (χ2v) is 9.10. The van der Waals surface area contributed by atoms with Crippen LogP contribution >= 0.6 is 7.26 Å². The summed E-state index contributed by atoms with van der Waals surface area (Å²) in [6.07, 6.45) is 0. The number of hydrogen-bond donors (Lipinski definition) is 1. The Morgan fingerprint density at radius 2 is 1.04 bits per heavy atom. The van der Waals surface area contributed by atoms with Crippen molar-refractivity contribution in [2.45, 2.75) is 6.92 Å². The molecule has 3 rings (SSSR count). The van der Waals surface area contributed by atoms with Crippen molar-refractivity contribution >= 4 is 29.1 Å². The minimum Gasteiger partial charge on any atom is -0.478 e. The zero-order valence-corrected chi connectivity index (χ0v) is 14.9. The fraction of sp³-hybridized carbons (Fsp3) is 0.0455. The average molecular weight is 347 g/mol. The molecule has 0 unspecified atom stereocenters. The highest BCUT2D eigenvalue weighted by molar-refractivity contribution is 7.98. The summed E-state index contributed by atoms with van der Waals surface area (Å²) in [7, 11) is -2.21. The first-order valence-corrected chi connectivity index (χ1v) is 9.99. The lowest BCUT2D eigenvalue weighted by molar-refractivity contribution is -0.132. The number of aliphatic carboxylic acids is 1. The van der Waals surface area contributed by atoms with Gasteiger partial charge in [0.15, 0.2) is 0 Å². The molecule has 0 aromatic heterocycles. The van der Waals surface area contributed by atoms with E-state index in [0.29, 0.717) is 5.57 Å². The van der Waals surface area contributed by atoms with E-state index in [-0.39, 0.29) is 0 Å². The molecule has 2 nitrogen and oxygen atoms in total. The smallest absolute Gasteiger partial charge is 0.334 e. The molecule has 3 heteroatoms. The molecule has 0 heterocycles. The van der Waals surface area contributed by atoms with Crippen LogP contribution in [-0.2, 0) is 4.79 Å². The Hall–Kier alpha value is -2.70. The molecule has 124 valence electrons. The van der Waals surface area contributed by atoms with Crippen LogP contribution in [0, 0.1) is 0 Å².